The highest BCUT2D eigenvalue weighted by molar-refractivity contribution is 7.89. The first-order valence-corrected chi connectivity index (χ1v) is 7.83. The Morgan fingerprint density at radius 2 is 2.00 bits per heavy atom. The van der Waals surface area contributed by atoms with Gasteiger partial charge in [-0.05, 0) is 37.5 Å². The average Bonchev–Trinajstić information content (AvgIpc) is 2.39. The summed E-state index contributed by atoms with van der Waals surface area (Å²) in [5.74, 6) is -1.13. The van der Waals surface area contributed by atoms with E-state index in [0.29, 0.717) is 26.1 Å². The van der Waals surface area contributed by atoms with E-state index in [0.717, 1.165) is 0 Å². The number of aromatic carboxylic acids is 1. The molecule has 1 aromatic carbocycles. The SMILES string of the molecule is Cc1c(C(=O)O)cccc1S(=O)(=O)NC1CCOCC1. The zero-order chi connectivity index (χ0) is 14.8. The van der Waals surface area contributed by atoms with E-state index in [-0.39, 0.29) is 22.1 Å². The number of nitrogens with one attached hydrogen (secondary N) is 1. The molecule has 1 aliphatic heterocycles. The Morgan fingerprint density at radius 3 is 2.60 bits per heavy atom. The minimum Gasteiger partial charge on any atom is -0.478 e. The highest BCUT2D eigenvalue weighted by Crippen LogP contribution is 2.20. The summed E-state index contributed by atoms with van der Waals surface area (Å²) in [5, 5.41) is 9.05. The van der Waals surface area contributed by atoms with Gasteiger partial charge in [0.2, 0.25) is 10.0 Å². The van der Waals surface area contributed by atoms with Crippen LogP contribution in [0.1, 0.15) is 28.8 Å². The van der Waals surface area contributed by atoms with E-state index in [1.165, 1.54) is 25.1 Å². The quantitative estimate of drug-likeness (QED) is 0.870. The lowest BCUT2D eigenvalue weighted by atomic mass is 10.1. The molecular weight excluding hydrogens is 282 g/mol. The predicted octanol–water partition coefficient (Wildman–Crippen LogP) is 1.15. The van der Waals surface area contributed by atoms with Crippen LogP contribution in [0.3, 0.4) is 0 Å². The number of carboxylic acids is 1. The van der Waals surface area contributed by atoms with Crippen LogP contribution in [0.4, 0.5) is 0 Å². The van der Waals surface area contributed by atoms with Crippen molar-refractivity contribution in [2.24, 2.45) is 0 Å². The van der Waals surface area contributed by atoms with E-state index in [9.17, 15) is 13.2 Å². The molecule has 0 amide bonds. The lowest BCUT2D eigenvalue weighted by molar-refractivity contribution is 0.0695. The molecule has 0 unspecified atom stereocenters. The molecule has 1 fully saturated rings. The topological polar surface area (TPSA) is 92.7 Å². The first-order chi connectivity index (χ1) is 9.42. The summed E-state index contributed by atoms with van der Waals surface area (Å²) < 4.78 is 32.5. The minimum atomic E-state index is -3.72. The Labute approximate surface area is 117 Å². The van der Waals surface area contributed by atoms with Gasteiger partial charge in [-0.25, -0.2) is 17.9 Å². The predicted molar refractivity (Wildman–Crippen MR) is 72.3 cm³/mol. The van der Waals surface area contributed by atoms with Gasteiger partial charge in [0.05, 0.1) is 10.5 Å². The number of rotatable bonds is 4. The molecule has 0 saturated carbocycles. The number of carboxylic acid groups (broad SMARTS) is 1. The molecule has 0 aliphatic carbocycles. The van der Waals surface area contributed by atoms with Gasteiger partial charge in [-0.1, -0.05) is 6.07 Å². The zero-order valence-corrected chi connectivity index (χ0v) is 11.9. The van der Waals surface area contributed by atoms with Gasteiger partial charge in [-0.3, -0.25) is 0 Å². The third-order valence-corrected chi connectivity index (χ3v) is 5.01. The molecule has 1 aliphatic rings. The maximum atomic E-state index is 12.4. The van der Waals surface area contributed by atoms with E-state index in [4.69, 9.17) is 9.84 Å². The normalized spacial score (nSPS) is 17.1. The fraction of sp³-hybridized carbons (Fsp3) is 0.462. The Bertz CT molecular complexity index is 605. The first kappa shape index (κ1) is 15.0. The van der Waals surface area contributed by atoms with Crippen LogP contribution in [0.2, 0.25) is 0 Å². The number of ether oxygens (including phenoxy) is 1. The fourth-order valence-corrected chi connectivity index (χ4v) is 3.81. The lowest BCUT2D eigenvalue weighted by Gasteiger charge is -2.23. The molecule has 0 spiro atoms. The molecule has 6 nitrogen and oxygen atoms in total. The second-order valence-electron chi connectivity index (χ2n) is 4.74. The molecule has 0 radical (unpaired) electrons. The first-order valence-electron chi connectivity index (χ1n) is 6.35. The highest BCUT2D eigenvalue weighted by Gasteiger charge is 2.25. The maximum Gasteiger partial charge on any atom is 0.335 e. The van der Waals surface area contributed by atoms with Gasteiger partial charge >= 0.3 is 5.97 Å². The van der Waals surface area contributed by atoms with Crippen LogP contribution in [0, 0.1) is 6.92 Å². The van der Waals surface area contributed by atoms with E-state index in [1.807, 2.05) is 0 Å². The summed E-state index contributed by atoms with van der Waals surface area (Å²) >= 11 is 0. The van der Waals surface area contributed by atoms with Crippen molar-refractivity contribution >= 4 is 16.0 Å². The molecular formula is C13H17NO5S. The molecule has 1 aromatic rings. The van der Waals surface area contributed by atoms with Gasteiger partial charge in [0.1, 0.15) is 0 Å². The second-order valence-corrected chi connectivity index (χ2v) is 6.42. The van der Waals surface area contributed by atoms with Crippen molar-refractivity contribution in [1.82, 2.24) is 4.72 Å². The van der Waals surface area contributed by atoms with Crippen molar-refractivity contribution in [3.8, 4) is 0 Å². The fourth-order valence-electron chi connectivity index (χ4n) is 2.24. The van der Waals surface area contributed by atoms with Crippen molar-refractivity contribution in [1.29, 1.82) is 0 Å². The smallest absolute Gasteiger partial charge is 0.335 e. The summed E-state index contributed by atoms with van der Waals surface area (Å²) in [5.41, 5.74) is 0.249. The summed E-state index contributed by atoms with van der Waals surface area (Å²) in [6.45, 7) is 2.56. The van der Waals surface area contributed by atoms with Crippen molar-refractivity contribution in [2.75, 3.05) is 13.2 Å². The van der Waals surface area contributed by atoms with Crippen molar-refractivity contribution in [2.45, 2.75) is 30.7 Å². The third kappa shape index (κ3) is 3.17. The zero-order valence-electron chi connectivity index (χ0n) is 11.1. The van der Waals surface area contributed by atoms with Gasteiger partial charge in [-0.2, -0.15) is 0 Å². The van der Waals surface area contributed by atoms with Crippen LogP contribution >= 0.6 is 0 Å². The molecule has 1 heterocycles. The summed E-state index contributed by atoms with van der Waals surface area (Å²) in [4.78, 5) is 11.1. The molecule has 0 atom stereocenters. The molecule has 20 heavy (non-hydrogen) atoms. The number of carbonyl (C=O) groups is 1. The monoisotopic (exact) mass is 299 g/mol. The van der Waals surface area contributed by atoms with E-state index in [2.05, 4.69) is 4.72 Å². The molecule has 0 aromatic heterocycles. The van der Waals surface area contributed by atoms with Gasteiger partial charge in [0.25, 0.3) is 0 Å². The number of sulfonamides is 1. The van der Waals surface area contributed by atoms with E-state index >= 15 is 0 Å². The Balaban J connectivity index is 2.29. The molecule has 2 N–H and O–H groups in total. The van der Waals surface area contributed by atoms with Gasteiger partial charge in [-0.15, -0.1) is 0 Å². The van der Waals surface area contributed by atoms with Crippen molar-refractivity contribution < 1.29 is 23.1 Å². The van der Waals surface area contributed by atoms with Crippen LogP contribution in [-0.2, 0) is 14.8 Å². The van der Waals surface area contributed by atoms with E-state index < -0.39 is 16.0 Å². The highest BCUT2D eigenvalue weighted by atomic mass is 32.2. The maximum absolute atomic E-state index is 12.4. The minimum absolute atomic E-state index is 0.000137. The summed E-state index contributed by atoms with van der Waals surface area (Å²) in [7, 11) is -3.72. The Hall–Kier alpha value is -1.44. The standard InChI is InChI=1S/C13H17NO5S/c1-9-11(13(15)16)3-2-4-12(9)20(17,18)14-10-5-7-19-8-6-10/h2-4,10,14H,5-8H2,1H3,(H,15,16). The Kier molecular flexibility index (Phi) is 4.42. The summed E-state index contributed by atoms with van der Waals surface area (Å²) in [6.07, 6.45) is 1.24. The summed E-state index contributed by atoms with van der Waals surface area (Å²) in [6, 6.07) is 4.09. The number of benzene rings is 1. The van der Waals surface area contributed by atoms with Crippen LogP contribution in [0.25, 0.3) is 0 Å². The lowest BCUT2D eigenvalue weighted by Crippen LogP contribution is -2.39. The molecule has 2 rings (SSSR count). The molecule has 0 bridgehead atoms. The number of hydrogen-bond donors (Lipinski definition) is 2. The van der Waals surface area contributed by atoms with Crippen molar-refractivity contribution in [3.05, 3.63) is 29.3 Å². The molecule has 1 saturated heterocycles. The average molecular weight is 299 g/mol. The van der Waals surface area contributed by atoms with Crippen molar-refractivity contribution in [3.63, 3.8) is 0 Å². The largest absolute Gasteiger partial charge is 0.478 e. The van der Waals surface area contributed by atoms with Crippen LogP contribution in [0.15, 0.2) is 23.1 Å². The van der Waals surface area contributed by atoms with Crippen LogP contribution in [0.5, 0.6) is 0 Å². The van der Waals surface area contributed by atoms with Crippen LogP contribution < -0.4 is 4.72 Å². The van der Waals surface area contributed by atoms with Gasteiger partial charge in [0, 0.05) is 19.3 Å². The third-order valence-electron chi connectivity index (χ3n) is 3.35. The molecule has 110 valence electrons. The molecule has 7 heteroatoms. The van der Waals surface area contributed by atoms with Crippen LogP contribution in [-0.4, -0.2) is 38.7 Å². The Morgan fingerprint density at radius 1 is 1.35 bits per heavy atom. The second kappa shape index (κ2) is 5.90. The number of hydrogen-bond acceptors (Lipinski definition) is 4. The van der Waals surface area contributed by atoms with Gasteiger partial charge < -0.3 is 9.84 Å². The van der Waals surface area contributed by atoms with E-state index in [1.54, 1.807) is 0 Å². The van der Waals surface area contributed by atoms with Gasteiger partial charge in [0.15, 0.2) is 0 Å².